The van der Waals surface area contributed by atoms with Crippen molar-refractivity contribution in [3.63, 3.8) is 0 Å². The molecule has 1 unspecified atom stereocenters. The van der Waals surface area contributed by atoms with Crippen LogP contribution in [0.1, 0.15) is 387 Å². The Morgan fingerprint density at radius 2 is 0.450 bits per heavy atom. The lowest BCUT2D eigenvalue weighted by Crippen LogP contribution is -2.30. The molecule has 468 valence electrons. The molecule has 0 aliphatic heterocycles. The van der Waals surface area contributed by atoms with Crippen LogP contribution in [0.5, 0.6) is 0 Å². The minimum atomic E-state index is -0.772. The maximum absolute atomic E-state index is 12.9. The Morgan fingerprint density at radius 3 is 0.713 bits per heavy atom. The van der Waals surface area contributed by atoms with E-state index >= 15 is 0 Å². The molecular formula is C74H136O6. The Kier molecular flexibility index (Phi) is 66.6. The van der Waals surface area contributed by atoms with Crippen LogP contribution in [-0.4, -0.2) is 37.2 Å². The first-order valence-electron chi connectivity index (χ1n) is 35.6. The largest absolute Gasteiger partial charge is 0.462 e. The number of hydrogen-bond donors (Lipinski definition) is 0. The lowest BCUT2D eigenvalue weighted by atomic mass is 10.0. The second-order valence-corrected chi connectivity index (χ2v) is 24.1. The molecule has 0 fully saturated rings. The van der Waals surface area contributed by atoms with Crippen molar-refractivity contribution in [3.8, 4) is 0 Å². The highest BCUT2D eigenvalue weighted by Crippen LogP contribution is 2.18. The van der Waals surface area contributed by atoms with Crippen LogP contribution in [0.4, 0.5) is 0 Å². The Hall–Kier alpha value is -2.63. The van der Waals surface area contributed by atoms with Crippen LogP contribution < -0.4 is 0 Å². The molecule has 0 saturated carbocycles. The summed E-state index contributed by atoms with van der Waals surface area (Å²) >= 11 is 0. The fraction of sp³-hybridized carbons (Fsp3) is 0.851. The van der Waals surface area contributed by atoms with Gasteiger partial charge in [-0.05, 0) is 83.5 Å². The van der Waals surface area contributed by atoms with Gasteiger partial charge >= 0.3 is 17.9 Å². The number of hydrogen-bond acceptors (Lipinski definition) is 6. The van der Waals surface area contributed by atoms with Gasteiger partial charge in [-0.3, -0.25) is 14.4 Å². The molecule has 80 heavy (non-hydrogen) atoms. The molecule has 0 bridgehead atoms. The zero-order valence-electron chi connectivity index (χ0n) is 53.9. The van der Waals surface area contributed by atoms with Crippen LogP contribution in [-0.2, 0) is 28.6 Å². The van der Waals surface area contributed by atoms with E-state index in [4.69, 9.17) is 14.2 Å². The fourth-order valence-corrected chi connectivity index (χ4v) is 10.7. The summed E-state index contributed by atoms with van der Waals surface area (Å²) in [4.78, 5) is 38.3. The smallest absolute Gasteiger partial charge is 0.306 e. The molecule has 0 aliphatic rings. The normalized spacial score (nSPS) is 12.3. The first kappa shape index (κ1) is 77.4. The van der Waals surface area contributed by atoms with Crippen molar-refractivity contribution < 1.29 is 28.6 Å². The van der Waals surface area contributed by atoms with Crippen molar-refractivity contribution in [2.24, 2.45) is 0 Å². The van der Waals surface area contributed by atoms with Gasteiger partial charge in [-0.25, -0.2) is 0 Å². The quantitative estimate of drug-likeness (QED) is 0.0261. The molecule has 0 N–H and O–H groups in total. The third-order valence-corrected chi connectivity index (χ3v) is 16.1. The summed E-state index contributed by atoms with van der Waals surface area (Å²) in [7, 11) is 0. The van der Waals surface area contributed by atoms with Gasteiger partial charge in [-0.15, -0.1) is 0 Å². The van der Waals surface area contributed by atoms with E-state index in [-0.39, 0.29) is 31.1 Å². The standard InChI is InChI=1S/C74H136O6/c1-4-7-10-13-16-19-22-24-26-28-30-31-32-33-34-35-36-37-38-39-40-41-42-43-44-46-47-49-52-55-58-61-64-67-73(76)79-70-71(69-78-72(75)66-63-60-57-54-51-21-18-15-12-9-6-3)80-74(77)68-65-62-59-56-53-50-48-45-29-27-25-23-20-17-14-11-8-5-2/h22,24,27-30,32-33,71H,4-21,23,25-26,31,34-70H2,1-3H3/b24-22-,29-27-,30-28-,33-32-. The highest BCUT2D eigenvalue weighted by Gasteiger charge is 2.19. The second-order valence-electron chi connectivity index (χ2n) is 24.1. The number of rotatable bonds is 66. The van der Waals surface area contributed by atoms with Gasteiger partial charge in [0.2, 0.25) is 0 Å². The number of esters is 3. The van der Waals surface area contributed by atoms with Crippen LogP contribution in [0.2, 0.25) is 0 Å². The Bertz CT molecular complexity index is 1380. The summed E-state index contributed by atoms with van der Waals surface area (Å²) < 4.78 is 17.0. The predicted octanol–water partition coefficient (Wildman–Crippen LogP) is 24.5. The summed E-state index contributed by atoms with van der Waals surface area (Å²) in [5.41, 5.74) is 0. The van der Waals surface area contributed by atoms with E-state index in [9.17, 15) is 14.4 Å². The van der Waals surface area contributed by atoms with Crippen LogP contribution >= 0.6 is 0 Å². The van der Waals surface area contributed by atoms with Gasteiger partial charge in [0.05, 0.1) is 0 Å². The van der Waals surface area contributed by atoms with Gasteiger partial charge in [0.25, 0.3) is 0 Å². The van der Waals surface area contributed by atoms with E-state index in [1.54, 1.807) is 0 Å². The Morgan fingerprint density at radius 1 is 0.250 bits per heavy atom. The predicted molar refractivity (Wildman–Crippen MR) is 349 cm³/mol. The molecule has 1 atom stereocenters. The van der Waals surface area contributed by atoms with Crippen molar-refractivity contribution in [2.45, 2.75) is 393 Å². The summed E-state index contributed by atoms with van der Waals surface area (Å²) in [6.45, 7) is 6.67. The second kappa shape index (κ2) is 68.9. The molecule has 6 heteroatoms. The minimum Gasteiger partial charge on any atom is -0.462 e. The molecular weight excluding hydrogens is 985 g/mol. The van der Waals surface area contributed by atoms with Crippen molar-refractivity contribution in [1.82, 2.24) is 0 Å². The van der Waals surface area contributed by atoms with Crippen LogP contribution in [0, 0.1) is 0 Å². The van der Waals surface area contributed by atoms with Gasteiger partial charge < -0.3 is 14.2 Å². The number of allylic oxidation sites excluding steroid dienone is 8. The summed E-state index contributed by atoms with van der Waals surface area (Å²) in [5, 5.41) is 0. The summed E-state index contributed by atoms with van der Waals surface area (Å²) in [6, 6.07) is 0. The Balaban J connectivity index is 4.10. The lowest BCUT2D eigenvalue weighted by Gasteiger charge is -2.18. The first-order valence-corrected chi connectivity index (χ1v) is 35.6. The van der Waals surface area contributed by atoms with Crippen LogP contribution in [0.3, 0.4) is 0 Å². The molecule has 6 nitrogen and oxygen atoms in total. The molecule has 0 radical (unpaired) electrons. The average Bonchev–Trinajstić information content (AvgIpc) is 3.46. The van der Waals surface area contributed by atoms with Gasteiger partial charge in [0, 0.05) is 19.3 Å². The van der Waals surface area contributed by atoms with E-state index in [1.165, 1.54) is 276 Å². The van der Waals surface area contributed by atoms with Gasteiger partial charge in [0.15, 0.2) is 6.10 Å². The number of unbranched alkanes of at least 4 members (excludes halogenated alkanes) is 47. The lowest BCUT2D eigenvalue weighted by molar-refractivity contribution is -0.167. The van der Waals surface area contributed by atoms with E-state index < -0.39 is 6.10 Å². The molecule has 0 aliphatic carbocycles. The van der Waals surface area contributed by atoms with E-state index in [0.717, 1.165) is 70.6 Å². The molecule has 0 aromatic heterocycles. The maximum Gasteiger partial charge on any atom is 0.306 e. The van der Waals surface area contributed by atoms with E-state index in [1.807, 2.05) is 0 Å². The van der Waals surface area contributed by atoms with Crippen molar-refractivity contribution in [2.75, 3.05) is 13.2 Å². The third kappa shape index (κ3) is 66.2. The molecule has 0 aromatic carbocycles. The zero-order chi connectivity index (χ0) is 57.8. The fourth-order valence-electron chi connectivity index (χ4n) is 10.7. The monoisotopic (exact) mass is 1120 g/mol. The summed E-state index contributed by atoms with van der Waals surface area (Å²) in [5.74, 6) is -0.849. The van der Waals surface area contributed by atoms with Crippen LogP contribution in [0.15, 0.2) is 48.6 Å². The van der Waals surface area contributed by atoms with Gasteiger partial charge in [0.1, 0.15) is 13.2 Å². The molecule has 0 heterocycles. The van der Waals surface area contributed by atoms with E-state index in [2.05, 4.69) is 69.4 Å². The minimum absolute atomic E-state index is 0.0691. The highest BCUT2D eigenvalue weighted by molar-refractivity contribution is 5.71. The molecule has 0 spiro atoms. The molecule has 0 amide bonds. The van der Waals surface area contributed by atoms with Crippen LogP contribution in [0.25, 0.3) is 0 Å². The molecule has 0 aromatic rings. The Labute approximate surface area is 498 Å². The van der Waals surface area contributed by atoms with Crippen molar-refractivity contribution in [1.29, 1.82) is 0 Å². The first-order chi connectivity index (χ1) is 39.5. The molecule has 0 saturated heterocycles. The highest BCUT2D eigenvalue weighted by atomic mass is 16.6. The number of ether oxygens (including phenoxy) is 3. The SMILES string of the molecule is CCCCCCC/C=C\C/C=C\C/C=C\CCCCCCCCCCCCCCCCCCCCC(=O)OCC(COC(=O)CCCCCCCCCCCCC)OC(=O)CCCCCCCCC/C=C\CCCCCCCCC. The number of carbonyl (C=O) groups is 3. The van der Waals surface area contributed by atoms with Gasteiger partial charge in [-0.1, -0.05) is 333 Å². The maximum atomic E-state index is 12.9. The number of carbonyl (C=O) groups excluding carboxylic acids is 3. The topological polar surface area (TPSA) is 78.9 Å². The average molecular weight is 1120 g/mol. The van der Waals surface area contributed by atoms with Crippen molar-refractivity contribution >= 4 is 17.9 Å². The summed E-state index contributed by atoms with van der Waals surface area (Å²) in [6.07, 6.45) is 87.2. The molecule has 0 rings (SSSR count). The zero-order valence-corrected chi connectivity index (χ0v) is 53.9. The van der Waals surface area contributed by atoms with Gasteiger partial charge in [-0.2, -0.15) is 0 Å². The third-order valence-electron chi connectivity index (χ3n) is 16.1. The van der Waals surface area contributed by atoms with E-state index in [0.29, 0.717) is 19.3 Å². The van der Waals surface area contributed by atoms with Crippen molar-refractivity contribution in [3.05, 3.63) is 48.6 Å².